The first kappa shape index (κ1) is 9.06. The van der Waals surface area contributed by atoms with Gasteiger partial charge in [0, 0.05) is 6.20 Å². The third-order valence-corrected chi connectivity index (χ3v) is 1.91. The van der Waals surface area contributed by atoms with Crippen molar-refractivity contribution in [3.63, 3.8) is 0 Å². The molecule has 0 aliphatic carbocycles. The van der Waals surface area contributed by atoms with Crippen LogP contribution in [0.25, 0.3) is 0 Å². The quantitative estimate of drug-likeness (QED) is 0.597. The van der Waals surface area contributed by atoms with Gasteiger partial charge in [0.15, 0.2) is 0 Å². The van der Waals surface area contributed by atoms with E-state index < -0.39 is 0 Å². The van der Waals surface area contributed by atoms with Crippen molar-refractivity contribution in [2.75, 3.05) is 0 Å². The van der Waals surface area contributed by atoms with Crippen LogP contribution >= 0.6 is 15.9 Å². The fourth-order valence-electron chi connectivity index (χ4n) is 0.854. The highest BCUT2D eigenvalue weighted by Crippen LogP contribution is 2.10. The van der Waals surface area contributed by atoms with Gasteiger partial charge in [-0.25, -0.2) is 0 Å². The second-order valence-corrected chi connectivity index (χ2v) is 3.30. The molecule has 0 fully saturated rings. The van der Waals surface area contributed by atoms with Crippen molar-refractivity contribution >= 4 is 20.6 Å². The smallest absolute Gasteiger partial charge is 0.122 e. The molecule has 12 heavy (non-hydrogen) atoms. The Balaban J connectivity index is 2.98. The predicted octanol–water partition coefficient (Wildman–Crippen LogP) is 1.59. The van der Waals surface area contributed by atoms with E-state index in [4.69, 9.17) is 11.1 Å². The van der Waals surface area contributed by atoms with E-state index in [0.717, 1.165) is 11.3 Å². The first-order valence-corrected chi connectivity index (χ1v) is 4.26. The maximum Gasteiger partial charge on any atom is 0.122 e. The molecule has 0 spiro atoms. The summed E-state index contributed by atoms with van der Waals surface area (Å²) in [6, 6.07) is 0. The van der Waals surface area contributed by atoms with Crippen LogP contribution in [0.5, 0.6) is 0 Å². The van der Waals surface area contributed by atoms with E-state index in [1.165, 1.54) is 0 Å². The van der Waals surface area contributed by atoms with Gasteiger partial charge in [-0.2, -0.15) is 0 Å². The van der Waals surface area contributed by atoms with Crippen molar-refractivity contribution in [3.05, 3.63) is 35.3 Å². The lowest BCUT2D eigenvalue weighted by molar-refractivity contribution is 1.05. The third-order valence-electron chi connectivity index (χ3n) is 1.48. The Labute approximate surface area is 79.7 Å². The van der Waals surface area contributed by atoms with Crippen molar-refractivity contribution in [2.24, 2.45) is 5.73 Å². The van der Waals surface area contributed by atoms with Crippen molar-refractivity contribution < 1.29 is 0 Å². The highest BCUT2D eigenvalue weighted by molar-refractivity contribution is 9.18. The molecule has 4 heteroatoms. The molecule has 3 nitrogen and oxygen atoms in total. The van der Waals surface area contributed by atoms with Crippen LogP contribution in [0.15, 0.2) is 35.3 Å². The molecule has 0 saturated carbocycles. The van der Waals surface area contributed by atoms with Crippen LogP contribution in [-0.2, 0) is 0 Å². The van der Waals surface area contributed by atoms with Crippen molar-refractivity contribution in [1.29, 1.82) is 5.41 Å². The summed E-state index contributed by atoms with van der Waals surface area (Å²) in [5, 5.41) is 10.2. The second-order valence-electron chi connectivity index (χ2n) is 2.51. The molecule has 4 N–H and O–H groups in total. The zero-order valence-corrected chi connectivity index (χ0v) is 8.27. The first-order valence-electron chi connectivity index (χ1n) is 3.47. The van der Waals surface area contributed by atoms with Crippen molar-refractivity contribution in [2.45, 2.75) is 6.92 Å². The Morgan fingerprint density at radius 2 is 2.33 bits per heavy atom. The van der Waals surface area contributed by atoms with Gasteiger partial charge in [0.05, 0.1) is 11.4 Å². The molecule has 0 radical (unpaired) electrons. The zero-order chi connectivity index (χ0) is 9.14. The lowest BCUT2D eigenvalue weighted by atomic mass is 10.2. The topological polar surface area (TPSA) is 61.9 Å². The molecule has 0 aromatic heterocycles. The molecule has 0 bridgehead atoms. The molecule has 1 aliphatic rings. The Morgan fingerprint density at radius 1 is 1.67 bits per heavy atom. The molecule has 1 heterocycles. The van der Waals surface area contributed by atoms with Crippen molar-refractivity contribution in [1.82, 2.24) is 5.32 Å². The normalized spacial score (nSPS) is 19.7. The largest absolute Gasteiger partial charge is 0.395 e. The van der Waals surface area contributed by atoms with E-state index in [9.17, 15) is 0 Å². The lowest BCUT2D eigenvalue weighted by Gasteiger charge is -2.10. The minimum absolute atomic E-state index is 0.198. The molecule has 0 saturated heterocycles. The van der Waals surface area contributed by atoms with Crippen LogP contribution in [-0.4, -0.2) is 4.62 Å². The Kier molecular flexibility index (Phi) is 2.70. The van der Waals surface area contributed by atoms with Crippen LogP contribution in [0, 0.1) is 5.41 Å². The summed E-state index contributed by atoms with van der Waals surface area (Å²) in [4.78, 5) is 0. The molecule has 0 aromatic carbocycles. The maximum absolute atomic E-state index is 7.24. The van der Waals surface area contributed by atoms with E-state index in [-0.39, 0.29) is 4.62 Å². The van der Waals surface area contributed by atoms with Gasteiger partial charge in [-0.15, -0.1) is 0 Å². The summed E-state index contributed by atoms with van der Waals surface area (Å²) in [6.45, 7) is 1.97. The van der Waals surface area contributed by atoms with Gasteiger partial charge in [0.25, 0.3) is 0 Å². The number of nitrogens with one attached hydrogen (secondary N) is 2. The Morgan fingerprint density at radius 3 is 2.83 bits per heavy atom. The molecular weight excluding hydrogens is 218 g/mol. The maximum atomic E-state index is 7.24. The predicted molar refractivity (Wildman–Crippen MR) is 53.9 cm³/mol. The van der Waals surface area contributed by atoms with E-state index in [2.05, 4.69) is 21.2 Å². The summed E-state index contributed by atoms with van der Waals surface area (Å²) in [7, 11) is 0. The molecule has 1 aliphatic heterocycles. The SMILES string of the molecule is CC1=CC(=C(N)C(=N)Br)NC=C1. The fourth-order valence-corrected chi connectivity index (χ4v) is 1.07. The summed E-state index contributed by atoms with van der Waals surface area (Å²) in [5.41, 5.74) is 7.91. The monoisotopic (exact) mass is 227 g/mol. The van der Waals surface area contributed by atoms with Gasteiger partial charge in [-0.1, -0.05) is 0 Å². The van der Waals surface area contributed by atoms with Crippen LogP contribution in [0.4, 0.5) is 0 Å². The molecule has 0 atom stereocenters. The molecule has 1 rings (SSSR count). The average molecular weight is 228 g/mol. The van der Waals surface area contributed by atoms with Gasteiger partial charge in [-0.3, -0.25) is 5.41 Å². The highest BCUT2D eigenvalue weighted by atomic mass is 79.9. The standard InChI is InChI=1S/C8H10BrN3/c1-5-2-3-12-6(4-5)7(10)8(9)11/h2-4,11-12H,10H2,1H3. The Hall–Kier alpha value is -1.03. The molecule has 64 valence electrons. The lowest BCUT2D eigenvalue weighted by Crippen LogP contribution is -2.17. The van der Waals surface area contributed by atoms with Gasteiger partial charge in [0.1, 0.15) is 4.62 Å². The minimum atomic E-state index is 0.198. The van der Waals surface area contributed by atoms with E-state index in [0.29, 0.717) is 5.70 Å². The molecule has 0 aromatic rings. The highest BCUT2D eigenvalue weighted by Gasteiger charge is 2.04. The number of halogens is 1. The number of dihydropyridines is 1. The summed E-state index contributed by atoms with van der Waals surface area (Å²) < 4.78 is 0.198. The molecule has 0 amide bonds. The fraction of sp³-hybridized carbons (Fsp3) is 0.125. The number of allylic oxidation sites excluding steroid dienone is 4. The number of hydrogen-bond donors (Lipinski definition) is 3. The minimum Gasteiger partial charge on any atom is -0.395 e. The van der Waals surface area contributed by atoms with Crippen LogP contribution in [0.1, 0.15) is 6.92 Å². The second kappa shape index (κ2) is 3.58. The van der Waals surface area contributed by atoms with Crippen LogP contribution in [0.3, 0.4) is 0 Å². The average Bonchev–Trinajstić information content (AvgIpc) is 2.03. The molecule has 0 unspecified atom stereocenters. The number of nitrogens with two attached hydrogens (primary N) is 1. The van der Waals surface area contributed by atoms with E-state index in [1.807, 2.05) is 19.1 Å². The Bertz CT molecular complexity index is 299. The number of hydrogen-bond acceptors (Lipinski definition) is 3. The van der Waals surface area contributed by atoms with Crippen LogP contribution < -0.4 is 11.1 Å². The summed E-state index contributed by atoms with van der Waals surface area (Å²) >= 11 is 3.00. The zero-order valence-electron chi connectivity index (χ0n) is 6.69. The van der Waals surface area contributed by atoms with E-state index in [1.54, 1.807) is 6.20 Å². The van der Waals surface area contributed by atoms with Crippen LogP contribution in [0.2, 0.25) is 0 Å². The van der Waals surface area contributed by atoms with Gasteiger partial charge < -0.3 is 11.1 Å². The van der Waals surface area contributed by atoms with Crippen molar-refractivity contribution in [3.8, 4) is 0 Å². The molecular formula is C8H10BrN3. The number of rotatable bonds is 1. The van der Waals surface area contributed by atoms with Gasteiger partial charge >= 0.3 is 0 Å². The summed E-state index contributed by atoms with van der Waals surface area (Å²) in [6.07, 6.45) is 5.63. The third kappa shape index (κ3) is 1.98. The summed E-state index contributed by atoms with van der Waals surface area (Å²) in [5.74, 6) is 0. The van der Waals surface area contributed by atoms with E-state index >= 15 is 0 Å². The van der Waals surface area contributed by atoms with Gasteiger partial charge in [0.2, 0.25) is 0 Å². The van der Waals surface area contributed by atoms with Gasteiger partial charge in [-0.05, 0) is 40.6 Å². The first-order chi connectivity index (χ1) is 5.61.